The molecule has 4 nitrogen and oxygen atoms in total. The molecule has 0 saturated heterocycles. The Morgan fingerprint density at radius 3 is 2.86 bits per heavy atom. The van der Waals surface area contributed by atoms with Crippen LogP contribution in [0.1, 0.15) is 16.9 Å². The summed E-state index contributed by atoms with van der Waals surface area (Å²) in [6.45, 7) is 2.86. The molecule has 5 heteroatoms. The number of rotatable bonds is 6. The topological polar surface area (TPSA) is 45.5 Å². The molecule has 21 heavy (non-hydrogen) atoms. The normalized spacial score (nSPS) is 10.9. The summed E-state index contributed by atoms with van der Waals surface area (Å²) >= 11 is 0. The molecule has 2 aromatic rings. The molecule has 1 heterocycles. The van der Waals surface area contributed by atoms with E-state index in [0.717, 1.165) is 11.3 Å². The third-order valence-electron chi connectivity index (χ3n) is 3.15. The average Bonchev–Trinajstić information content (AvgIpc) is 2.92. The van der Waals surface area contributed by atoms with Crippen LogP contribution in [0.5, 0.6) is 0 Å². The number of furan rings is 1. The number of halogens is 1. The van der Waals surface area contributed by atoms with E-state index < -0.39 is 0 Å². The van der Waals surface area contributed by atoms with Crippen LogP contribution in [0.15, 0.2) is 41.0 Å². The van der Waals surface area contributed by atoms with E-state index in [9.17, 15) is 9.18 Å². The smallest absolute Gasteiger partial charge is 0.234 e. The number of aryl methyl sites for hydroxylation is 1. The van der Waals surface area contributed by atoms with E-state index in [-0.39, 0.29) is 18.3 Å². The van der Waals surface area contributed by atoms with Crippen molar-refractivity contribution in [3.8, 4) is 0 Å². The van der Waals surface area contributed by atoms with Gasteiger partial charge in [-0.1, -0.05) is 12.1 Å². The lowest BCUT2D eigenvalue weighted by Gasteiger charge is -2.14. The van der Waals surface area contributed by atoms with E-state index in [1.54, 1.807) is 19.3 Å². The highest BCUT2D eigenvalue weighted by Crippen LogP contribution is 2.09. The molecule has 0 atom stereocenters. The predicted octanol–water partition coefficient (Wildman–Crippen LogP) is 2.48. The Morgan fingerprint density at radius 2 is 2.19 bits per heavy atom. The lowest BCUT2D eigenvalue weighted by molar-refractivity contribution is -0.122. The van der Waals surface area contributed by atoms with Crippen molar-refractivity contribution in [2.45, 2.75) is 20.0 Å². The standard InChI is InChI=1S/C16H19FN2O2/c1-12-5-6-13(8-15(12)17)9-18-16(20)11-19(2)10-14-4-3-7-21-14/h3-8H,9-11H2,1-2H3,(H,18,20). The van der Waals surface area contributed by atoms with Crippen LogP contribution in [0.25, 0.3) is 0 Å². The van der Waals surface area contributed by atoms with Gasteiger partial charge in [-0.25, -0.2) is 4.39 Å². The van der Waals surface area contributed by atoms with Crippen LogP contribution in [0.4, 0.5) is 4.39 Å². The van der Waals surface area contributed by atoms with Crippen LogP contribution in [0, 0.1) is 12.7 Å². The van der Waals surface area contributed by atoms with Crippen molar-refractivity contribution in [3.05, 3.63) is 59.3 Å². The van der Waals surface area contributed by atoms with Gasteiger partial charge in [-0.05, 0) is 43.3 Å². The number of benzene rings is 1. The number of nitrogens with zero attached hydrogens (tertiary/aromatic N) is 1. The molecule has 0 unspecified atom stereocenters. The molecule has 1 N–H and O–H groups in total. The molecule has 0 aliphatic carbocycles. The van der Waals surface area contributed by atoms with Gasteiger partial charge in [-0.15, -0.1) is 0 Å². The summed E-state index contributed by atoms with van der Waals surface area (Å²) in [4.78, 5) is 13.7. The lowest BCUT2D eigenvalue weighted by Crippen LogP contribution is -2.34. The van der Waals surface area contributed by atoms with Gasteiger partial charge in [-0.2, -0.15) is 0 Å². The fourth-order valence-electron chi connectivity index (χ4n) is 1.97. The highest BCUT2D eigenvalue weighted by molar-refractivity contribution is 5.77. The largest absolute Gasteiger partial charge is 0.468 e. The maximum absolute atomic E-state index is 13.4. The maximum Gasteiger partial charge on any atom is 0.234 e. The lowest BCUT2D eigenvalue weighted by atomic mass is 10.1. The van der Waals surface area contributed by atoms with E-state index >= 15 is 0 Å². The Morgan fingerprint density at radius 1 is 1.38 bits per heavy atom. The van der Waals surface area contributed by atoms with Crippen molar-refractivity contribution in [2.24, 2.45) is 0 Å². The van der Waals surface area contributed by atoms with E-state index in [1.807, 2.05) is 30.1 Å². The monoisotopic (exact) mass is 290 g/mol. The second kappa shape index (κ2) is 7.04. The molecule has 0 bridgehead atoms. The van der Waals surface area contributed by atoms with E-state index in [4.69, 9.17) is 4.42 Å². The molecule has 0 saturated carbocycles. The first-order chi connectivity index (χ1) is 10.0. The van der Waals surface area contributed by atoms with Crippen molar-refractivity contribution in [3.63, 3.8) is 0 Å². The average molecular weight is 290 g/mol. The van der Waals surface area contributed by atoms with Gasteiger partial charge in [0.05, 0.1) is 19.4 Å². The quantitative estimate of drug-likeness (QED) is 0.889. The van der Waals surface area contributed by atoms with Crippen LogP contribution >= 0.6 is 0 Å². The molecule has 0 fully saturated rings. The zero-order valence-electron chi connectivity index (χ0n) is 12.2. The molecule has 0 aliphatic heterocycles. The number of carbonyl (C=O) groups excluding carboxylic acids is 1. The van der Waals surface area contributed by atoms with Gasteiger partial charge in [0.2, 0.25) is 5.91 Å². The fourth-order valence-corrected chi connectivity index (χ4v) is 1.97. The second-order valence-electron chi connectivity index (χ2n) is 5.11. The van der Waals surface area contributed by atoms with Gasteiger partial charge in [0.15, 0.2) is 0 Å². The molecular formula is C16H19FN2O2. The fraction of sp³-hybridized carbons (Fsp3) is 0.312. The summed E-state index contributed by atoms with van der Waals surface area (Å²) in [7, 11) is 1.84. The molecule has 1 aromatic heterocycles. The van der Waals surface area contributed by atoms with Gasteiger partial charge >= 0.3 is 0 Å². The Kier molecular flexibility index (Phi) is 5.11. The van der Waals surface area contributed by atoms with Crippen molar-refractivity contribution in [2.75, 3.05) is 13.6 Å². The SMILES string of the molecule is Cc1ccc(CNC(=O)CN(C)Cc2ccco2)cc1F. The van der Waals surface area contributed by atoms with Crippen LogP contribution in [0.2, 0.25) is 0 Å². The predicted molar refractivity (Wildman–Crippen MR) is 78.0 cm³/mol. The molecular weight excluding hydrogens is 271 g/mol. The number of hydrogen-bond donors (Lipinski definition) is 1. The highest BCUT2D eigenvalue weighted by Gasteiger charge is 2.08. The Hall–Kier alpha value is -2.14. The second-order valence-corrected chi connectivity index (χ2v) is 5.11. The minimum atomic E-state index is -0.253. The molecule has 0 radical (unpaired) electrons. The zero-order chi connectivity index (χ0) is 15.2. The van der Waals surface area contributed by atoms with Crippen LogP contribution in [0.3, 0.4) is 0 Å². The minimum Gasteiger partial charge on any atom is -0.468 e. The summed E-state index contributed by atoms with van der Waals surface area (Å²) in [5, 5.41) is 2.78. The van der Waals surface area contributed by atoms with Gasteiger partial charge < -0.3 is 9.73 Å². The Labute approximate surface area is 123 Å². The Bertz CT molecular complexity index is 596. The van der Waals surface area contributed by atoms with Crippen LogP contribution in [-0.2, 0) is 17.9 Å². The number of nitrogens with one attached hydrogen (secondary N) is 1. The number of likely N-dealkylation sites (N-methyl/N-ethyl adjacent to an activating group) is 1. The first kappa shape index (κ1) is 15.3. The molecule has 1 aromatic carbocycles. The molecule has 0 spiro atoms. The molecule has 112 valence electrons. The first-order valence-electron chi connectivity index (χ1n) is 6.77. The Balaban J connectivity index is 1.77. The first-order valence-corrected chi connectivity index (χ1v) is 6.77. The minimum absolute atomic E-state index is 0.106. The summed E-state index contributed by atoms with van der Waals surface area (Å²) in [5.41, 5.74) is 1.35. The van der Waals surface area contributed by atoms with Crippen LogP contribution < -0.4 is 5.32 Å². The van der Waals surface area contributed by atoms with E-state index in [1.165, 1.54) is 6.07 Å². The summed E-state index contributed by atoms with van der Waals surface area (Å²) in [6, 6.07) is 8.64. The maximum atomic E-state index is 13.4. The summed E-state index contributed by atoms with van der Waals surface area (Å²) < 4.78 is 18.6. The summed E-state index contributed by atoms with van der Waals surface area (Å²) in [6.07, 6.45) is 1.61. The number of amides is 1. The van der Waals surface area contributed by atoms with Crippen molar-refractivity contribution >= 4 is 5.91 Å². The van der Waals surface area contributed by atoms with Crippen molar-refractivity contribution in [1.82, 2.24) is 10.2 Å². The molecule has 2 rings (SSSR count). The van der Waals surface area contributed by atoms with Crippen molar-refractivity contribution in [1.29, 1.82) is 0 Å². The van der Waals surface area contributed by atoms with E-state index in [0.29, 0.717) is 18.7 Å². The molecule has 0 aliphatic rings. The third-order valence-corrected chi connectivity index (χ3v) is 3.15. The van der Waals surface area contributed by atoms with Crippen LogP contribution in [-0.4, -0.2) is 24.4 Å². The van der Waals surface area contributed by atoms with E-state index in [2.05, 4.69) is 5.32 Å². The number of hydrogen-bond acceptors (Lipinski definition) is 3. The van der Waals surface area contributed by atoms with Gasteiger partial charge in [-0.3, -0.25) is 9.69 Å². The number of carbonyl (C=O) groups is 1. The van der Waals surface area contributed by atoms with Gasteiger partial charge in [0.25, 0.3) is 0 Å². The molecule has 1 amide bonds. The van der Waals surface area contributed by atoms with Gasteiger partial charge in [0, 0.05) is 6.54 Å². The van der Waals surface area contributed by atoms with Crippen molar-refractivity contribution < 1.29 is 13.6 Å². The van der Waals surface area contributed by atoms with Gasteiger partial charge in [0.1, 0.15) is 11.6 Å². The third kappa shape index (κ3) is 4.72. The highest BCUT2D eigenvalue weighted by atomic mass is 19.1. The zero-order valence-corrected chi connectivity index (χ0v) is 12.2. The summed E-state index contributed by atoms with van der Waals surface area (Å²) in [5.74, 6) is 0.452.